The molecule has 1 aliphatic carbocycles. The molecule has 0 aromatic carbocycles. The van der Waals surface area contributed by atoms with E-state index in [2.05, 4.69) is 23.6 Å². The van der Waals surface area contributed by atoms with Gasteiger partial charge in [0, 0.05) is 32.4 Å². The van der Waals surface area contributed by atoms with Crippen molar-refractivity contribution in [3.05, 3.63) is 11.8 Å². The molecule has 0 amide bonds. The van der Waals surface area contributed by atoms with Gasteiger partial charge in [-0.1, -0.05) is 0 Å². The Kier molecular flexibility index (Phi) is 2.07. The highest BCUT2D eigenvalue weighted by Gasteiger charge is 2.26. The number of likely N-dealkylation sites (N-methyl/N-ethyl adjacent to an activating group) is 1. The molecule has 3 heteroatoms. The molecule has 1 heterocycles. The number of rotatable bonds is 3. The molecule has 0 aromatic rings. The maximum atomic E-state index is 3.25. The molecule has 1 saturated carbocycles. The van der Waals surface area contributed by atoms with Crippen LogP contribution in [0.2, 0.25) is 0 Å². The highest BCUT2D eigenvalue weighted by Crippen LogP contribution is 2.25. The minimum Gasteiger partial charge on any atom is -0.318 e. The van der Waals surface area contributed by atoms with E-state index < -0.39 is 0 Å². The molecule has 1 N–H and O–H groups in total. The Hall–Kier alpha value is -0.540. The summed E-state index contributed by atoms with van der Waals surface area (Å²) in [5.74, 6) is 0. The van der Waals surface area contributed by atoms with E-state index in [1.165, 1.54) is 18.4 Å². The summed E-state index contributed by atoms with van der Waals surface area (Å²) in [6, 6.07) is 0.872. The summed E-state index contributed by atoms with van der Waals surface area (Å²) >= 11 is 0. The van der Waals surface area contributed by atoms with E-state index in [0.29, 0.717) is 0 Å². The van der Waals surface area contributed by atoms with E-state index in [1.54, 1.807) is 0 Å². The lowest BCUT2D eigenvalue weighted by atomic mass is 10.3. The SMILES string of the molecule is CN1C=C(CN(C)C2CC2)CN1. The molecule has 0 bridgehead atoms. The van der Waals surface area contributed by atoms with Gasteiger partial charge < -0.3 is 5.01 Å². The van der Waals surface area contributed by atoms with E-state index in [0.717, 1.165) is 19.1 Å². The molecule has 0 unspecified atom stereocenters. The normalized spacial score (nSPS) is 23.6. The van der Waals surface area contributed by atoms with Crippen LogP contribution in [0.4, 0.5) is 0 Å². The third-order valence-electron chi connectivity index (χ3n) is 2.55. The van der Waals surface area contributed by atoms with Crippen LogP contribution in [-0.2, 0) is 0 Å². The smallest absolute Gasteiger partial charge is 0.0390 e. The summed E-state index contributed by atoms with van der Waals surface area (Å²) in [6.07, 6.45) is 4.99. The highest BCUT2D eigenvalue weighted by molar-refractivity contribution is 5.10. The summed E-state index contributed by atoms with van der Waals surface area (Å²) < 4.78 is 0. The molecular formula is C9H17N3. The first kappa shape index (κ1) is 8.08. The fourth-order valence-corrected chi connectivity index (χ4v) is 1.65. The van der Waals surface area contributed by atoms with Crippen LogP contribution in [0.1, 0.15) is 12.8 Å². The van der Waals surface area contributed by atoms with Gasteiger partial charge in [-0.15, -0.1) is 0 Å². The van der Waals surface area contributed by atoms with Crippen LogP contribution in [0.25, 0.3) is 0 Å². The maximum absolute atomic E-state index is 3.25. The van der Waals surface area contributed by atoms with Crippen LogP contribution in [0.15, 0.2) is 11.8 Å². The third kappa shape index (κ3) is 1.79. The highest BCUT2D eigenvalue weighted by atomic mass is 15.5. The Morgan fingerprint density at radius 3 is 2.92 bits per heavy atom. The van der Waals surface area contributed by atoms with Gasteiger partial charge in [0.15, 0.2) is 0 Å². The molecule has 0 radical (unpaired) electrons. The van der Waals surface area contributed by atoms with Crippen LogP contribution < -0.4 is 5.43 Å². The maximum Gasteiger partial charge on any atom is 0.0390 e. The van der Waals surface area contributed by atoms with E-state index in [1.807, 2.05) is 12.1 Å². The molecule has 2 aliphatic rings. The topological polar surface area (TPSA) is 18.5 Å². The molecular weight excluding hydrogens is 150 g/mol. The van der Waals surface area contributed by atoms with E-state index in [-0.39, 0.29) is 0 Å². The number of hydrogen-bond donors (Lipinski definition) is 1. The van der Waals surface area contributed by atoms with Crippen molar-refractivity contribution in [2.45, 2.75) is 18.9 Å². The van der Waals surface area contributed by atoms with Crippen molar-refractivity contribution < 1.29 is 0 Å². The average molecular weight is 167 g/mol. The molecule has 2 rings (SSSR count). The summed E-state index contributed by atoms with van der Waals surface area (Å²) in [7, 11) is 4.26. The summed E-state index contributed by atoms with van der Waals surface area (Å²) in [6.45, 7) is 2.15. The van der Waals surface area contributed by atoms with Crippen LogP contribution in [0.5, 0.6) is 0 Å². The molecule has 0 spiro atoms. The van der Waals surface area contributed by atoms with Gasteiger partial charge >= 0.3 is 0 Å². The second-order valence-corrected chi connectivity index (χ2v) is 3.88. The lowest BCUT2D eigenvalue weighted by Gasteiger charge is -2.15. The number of hydrazine groups is 1. The van der Waals surface area contributed by atoms with Crippen molar-refractivity contribution in [3.63, 3.8) is 0 Å². The van der Waals surface area contributed by atoms with Gasteiger partial charge in [0.1, 0.15) is 0 Å². The second-order valence-electron chi connectivity index (χ2n) is 3.88. The van der Waals surface area contributed by atoms with Crippen molar-refractivity contribution in [3.8, 4) is 0 Å². The van der Waals surface area contributed by atoms with Crippen molar-refractivity contribution in [2.75, 3.05) is 27.2 Å². The Morgan fingerprint density at radius 2 is 2.42 bits per heavy atom. The quantitative estimate of drug-likeness (QED) is 0.657. The van der Waals surface area contributed by atoms with E-state index >= 15 is 0 Å². The van der Waals surface area contributed by atoms with Crippen LogP contribution >= 0.6 is 0 Å². The molecule has 0 atom stereocenters. The predicted molar refractivity (Wildman–Crippen MR) is 49.5 cm³/mol. The lowest BCUT2D eigenvalue weighted by molar-refractivity contribution is 0.348. The number of hydrogen-bond acceptors (Lipinski definition) is 3. The van der Waals surface area contributed by atoms with Crippen LogP contribution in [0, 0.1) is 0 Å². The Bertz CT molecular complexity index is 196. The largest absolute Gasteiger partial charge is 0.318 e. The second kappa shape index (κ2) is 3.07. The van der Waals surface area contributed by atoms with Crippen molar-refractivity contribution in [1.29, 1.82) is 0 Å². The lowest BCUT2D eigenvalue weighted by Crippen LogP contribution is -2.26. The Labute approximate surface area is 74.0 Å². The summed E-state index contributed by atoms with van der Waals surface area (Å²) in [5, 5.41) is 2.04. The van der Waals surface area contributed by atoms with E-state index in [9.17, 15) is 0 Å². The minimum absolute atomic E-state index is 0.872. The van der Waals surface area contributed by atoms with E-state index in [4.69, 9.17) is 0 Å². The first-order valence-corrected chi connectivity index (χ1v) is 4.62. The van der Waals surface area contributed by atoms with Gasteiger partial charge in [-0.3, -0.25) is 4.90 Å². The van der Waals surface area contributed by atoms with Crippen molar-refractivity contribution >= 4 is 0 Å². The molecule has 1 fully saturated rings. The number of nitrogens with zero attached hydrogens (tertiary/aromatic N) is 2. The Balaban J connectivity index is 1.81. The van der Waals surface area contributed by atoms with Crippen molar-refractivity contribution in [2.24, 2.45) is 0 Å². The first-order chi connectivity index (χ1) is 5.75. The standard InChI is InChI=1S/C9H17N3/c1-11(9-3-4-9)6-8-5-10-12(2)7-8/h7,9-10H,3-6H2,1-2H3. The molecule has 0 aromatic heterocycles. The molecule has 0 saturated heterocycles. The predicted octanol–water partition coefficient (Wildman–Crippen LogP) is 0.414. The molecule has 3 nitrogen and oxygen atoms in total. The van der Waals surface area contributed by atoms with Gasteiger partial charge in [-0.2, -0.15) is 0 Å². The molecule has 1 aliphatic heterocycles. The minimum atomic E-state index is 0.872. The zero-order valence-corrected chi connectivity index (χ0v) is 7.88. The number of nitrogens with one attached hydrogen (secondary N) is 1. The summed E-state index contributed by atoms with van der Waals surface area (Å²) in [4.78, 5) is 2.45. The van der Waals surface area contributed by atoms with Crippen molar-refractivity contribution in [1.82, 2.24) is 15.3 Å². The van der Waals surface area contributed by atoms with Gasteiger partial charge in [-0.25, -0.2) is 5.43 Å². The summed E-state index contributed by atoms with van der Waals surface area (Å²) in [5.41, 5.74) is 4.74. The zero-order chi connectivity index (χ0) is 8.55. The fraction of sp³-hybridized carbons (Fsp3) is 0.778. The average Bonchev–Trinajstić information content (AvgIpc) is 2.78. The van der Waals surface area contributed by atoms with Gasteiger partial charge in [-0.05, 0) is 25.5 Å². The van der Waals surface area contributed by atoms with Crippen LogP contribution in [0.3, 0.4) is 0 Å². The molecule has 68 valence electrons. The van der Waals surface area contributed by atoms with Gasteiger partial charge in [0.2, 0.25) is 0 Å². The zero-order valence-electron chi connectivity index (χ0n) is 7.88. The Morgan fingerprint density at radius 1 is 1.67 bits per heavy atom. The third-order valence-corrected chi connectivity index (χ3v) is 2.55. The molecule has 12 heavy (non-hydrogen) atoms. The van der Waals surface area contributed by atoms with Gasteiger partial charge in [0.25, 0.3) is 0 Å². The van der Waals surface area contributed by atoms with Gasteiger partial charge in [0.05, 0.1) is 0 Å². The first-order valence-electron chi connectivity index (χ1n) is 4.62. The monoisotopic (exact) mass is 167 g/mol. The van der Waals surface area contributed by atoms with Crippen LogP contribution in [-0.4, -0.2) is 43.1 Å². The fourth-order valence-electron chi connectivity index (χ4n) is 1.65.